The summed E-state index contributed by atoms with van der Waals surface area (Å²) in [6, 6.07) is 16.2. The molecule has 2 aromatic carbocycles. The Morgan fingerprint density at radius 3 is 2.23 bits per heavy atom. The number of fused-ring (bicyclic) bond motifs is 2. The van der Waals surface area contributed by atoms with Crippen molar-refractivity contribution in [2.24, 2.45) is 5.92 Å². The van der Waals surface area contributed by atoms with Crippen molar-refractivity contribution in [2.75, 3.05) is 20.1 Å². The van der Waals surface area contributed by atoms with E-state index in [-0.39, 0.29) is 11.8 Å². The minimum atomic E-state index is 0.00458. The first-order valence-electron chi connectivity index (χ1n) is 7.81. The molecule has 0 N–H and O–H groups in total. The van der Waals surface area contributed by atoms with E-state index in [2.05, 4.69) is 24.1 Å². The number of rotatable bonds is 1. The monoisotopic (exact) mass is 293 g/mol. The average molecular weight is 293 g/mol. The first kappa shape index (κ1) is 13.5. The third-order valence-corrected chi connectivity index (χ3v) is 4.79. The van der Waals surface area contributed by atoms with Gasteiger partial charge in [0.1, 0.15) is 17.3 Å². The Morgan fingerprint density at radius 2 is 1.59 bits per heavy atom. The van der Waals surface area contributed by atoms with Gasteiger partial charge in [-0.05, 0) is 19.2 Å². The normalized spacial score (nSPS) is 21.9. The molecule has 3 nitrogen and oxygen atoms in total. The average Bonchev–Trinajstić information content (AvgIpc) is 2.55. The molecule has 0 aromatic heterocycles. The Bertz CT molecular complexity index is 679. The zero-order valence-electron chi connectivity index (χ0n) is 12.7. The molecule has 2 aromatic rings. The van der Waals surface area contributed by atoms with E-state index in [1.54, 1.807) is 0 Å². The van der Waals surface area contributed by atoms with Gasteiger partial charge in [0.2, 0.25) is 0 Å². The topological polar surface area (TPSA) is 29.5 Å². The zero-order chi connectivity index (χ0) is 15.1. The van der Waals surface area contributed by atoms with Crippen molar-refractivity contribution in [1.29, 1.82) is 0 Å². The summed E-state index contributed by atoms with van der Waals surface area (Å²) in [5, 5.41) is 0. The highest BCUT2D eigenvalue weighted by Gasteiger charge is 2.38. The molecule has 2 heterocycles. The molecule has 4 rings (SSSR count). The quantitative estimate of drug-likeness (QED) is 0.806. The number of hydrogen-bond acceptors (Lipinski definition) is 3. The molecule has 1 atom stereocenters. The van der Waals surface area contributed by atoms with Crippen LogP contribution < -0.4 is 4.74 Å². The van der Waals surface area contributed by atoms with Crippen LogP contribution in [0.5, 0.6) is 11.5 Å². The summed E-state index contributed by atoms with van der Waals surface area (Å²) in [7, 11) is 2.09. The number of piperidine rings is 1. The first-order chi connectivity index (χ1) is 10.7. The van der Waals surface area contributed by atoms with Crippen molar-refractivity contribution in [3.8, 4) is 11.5 Å². The number of carbonyl (C=O) groups excluding carboxylic acids is 1. The second kappa shape index (κ2) is 5.25. The highest BCUT2D eigenvalue weighted by molar-refractivity contribution is 5.84. The van der Waals surface area contributed by atoms with Gasteiger partial charge in [-0.15, -0.1) is 0 Å². The predicted molar refractivity (Wildman–Crippen MR) is 85.4 cm³/mol. The lowest BCUT2D eigenvalue weighted by molar-refractivity contribution is -0.126. The molecular weight excluding hydrogens is 274 g/mol. The maximum atomic E-state index is 12.6. The van der Waals surface area contributed by atoms with E-state index in [9.17, 15) is 4.79 Å². The minimum Gasteiger partial charge on any atom is -0.457 e. The Kier molecular flexibility index (Phi) is 3.23. The van der Waals surface area contributed by atoms with Gasteiger partial charge in [0.25, 0.3) is 0 Å². The van der Waals surface area contributed by atoms with Crippen LogP contribution in [-0.4, -0.2) is 30.8 Å². The lowest BCUT2D eigenvalue weighted by atomic mass is 9.75. The van der Waals surface area contributed by atoms with Crippen LogP contribution in [0.2, 0.25) is 0 Å². The van der Waals surface area contributed by atoms with Crippen molar-refractivity contribution < 1.29 is 9.53 Å². The van der Waals surface area contributed by atoms with Crippen LogP contribution in [0.1, 0.15) is 23.5 Å². The van der Waals surface area contributed by atoms with Crippen molar-refractivity contribution in [3.63, 3.8) is 0 Å². The van der Waals surface area contributed by atoms with Crippen LogP contribution in [0.4, 0.5) is 0 Å². The smallest absolute Gasteiger partial charge is 0.139 e. The van der Waals surface area contributed by atoms with Gasteiger partial charge in [-0.25, -0.2) is 0 Å². The zero-order valence-corrected chi connectivity index (χ0v) is 12.7. The third-order valence-electron chi connectivity index (χ3n) is 4.79. The van der Waals surface area contributed by atoms with Gasteiger partial charge in [-0.3, -0.25) is 4.79 Å². The van der Waals surface area contributed by atoms with Crippen LogP contribution in [0.25, 0.3) is 0 Å². The van der Waals surface area contributed by atoms with Crippen molar-refractivity contribution in [3.05, 3.63) is 59.7 Å². The molecule has 112 valence electrons. The van der Waals surface area contributed by atoms with E-state index in [0.29, 0.717) is 12.2 Å². The highest BCUT2D eigenvalue weighted by Crippen LogP contribution is 2.48. The molecule has 0 radical (unpaired) electrons. The van der Waals surface area contributed by atoms with E-state index in [0.717, 1.165) is 35.7 Å². The summed E-state index contributed by atoms with van der Waals surface area (Å²) < 4.78 is 6.04. The van der Waals surface area contributed by atoms with Crippen LogP contribution in [0.3, 0.4) is 0 Å². The van der Waals surface area contributed by atoms with Crippen molar-refractivity contribution in [1.82, 2.24) is 4.90 Å². The van der Waals surface area contributed by atoms with E-state index in [4.69, 9.17) is 4.74 Å². The van der Waals surface area contributed by atoms with E-state index in [1.165, 1.54) is 0 Å². The summed E-state index contributed by atoms with van der Waals surface area (Å²) in [5.41, 5.74) is 2.27. The number of ether oxygens (including phenoxy) is 1. The predicted octanol–water partition coefficient (Wildman–Crippen LogP) is 3.45. The number of para-hydroxylation sites is 2. The number of nitrogens with zero attached hydrogens (tertiary/aromatic N) is 1. The molecule has 0 saturated carbocycles. The SMILES string of the molecule is CN1CCC(=O)C(C2c3ccccc3Oc3ccccc32)C1. The summed E-state index contributed by atoms with van der Waals surface area (Å²) in [4.78, 5) is 14.8. The lowest BCUT2D eigenvalue weighted by Crippen LogP contribution is -2.42. The number of benzene rings is 2. The molecular formula is C19H19NO2. The van der Waals surface area contributed by atoms with Crippen molar-refractivity contribution in [2.45, 2.75) is 12.3 Å². The lowest BCUT2D eigenvalue weighted by Gasteiger charge is -2.37. The van der Waals surface area contributed by atoms with Gasteiger partial charge in [-0.1, -0.05) is 36.4 Å². The largest absolute Gasteiger partial charge is 0.457 e. The fraction of sp³-hybridized carbons (Fsp3) is 0.316. The molecule has 2 aliphatic heterocycles. The molecule has 2 aliphatic rings. The summed E-state index contributed by atoms with van der Waals surface area (Å²) in [6.07, 6.45) is 0.642. The second-order valence-corrected chi connectivity index (χ2v) is 6.24. The molecule has 1 fully saturated rings. The number of ketones is 1. The summed E-state index contributed by atoms with van der Waals surface area (Å²) >= 11 is 0. The molecule has 3 heteroatoms. The Hall–Kier alpha value is -2.13. The van der Waals surface area contributed by atoms with Crippen LogP contribution in [0.15, 0.2) is 48.5 Å². The molecule has 0 bridgehead atoms. The molecule has 22 heavy (non-hydrogen) atoms. The van der Waals surface area contributed by atoms with Gasteiger partial charge in [0.05, 0.1) is 0 Å². The number of Topliss-reactive ketones (excluding diaryl/α,β-unsaturated/α-hetero) is 1. The Balaban J connectivity index is 1.85. The first-order valence-corrected chi connectivity index (χ1v) is 7.81. The maximum absolute atomic E-state index is 12.6. The maximum Gasteiger partial charge on any atom is 0.139 e. The third kappa shape index (κ3) is 2.13. The molecule has 0 spiro atoms. The van der Waals surface area contributed by atoms with Gasteiger partial charge in [-0.2, -0.15) is 0 Å². The second-order valence-electron chi connectivity index (χ2n) is 6.24. The van der Waals surface area contributed by atoms with Crippen molar-refractivity contribution >= 4 is 5.78 Å². The minimum absolute atomic E-state index is 0.00458. The van der Waals surface area contributed by atoms with Crippen LogP contribution in [-0.2, 0) is 4.79 Å². The standard InChI is InChI=1S/C19H19NO2/c1-20-11-10-16(21)15(12-20)19-13-6-2-4-8-17(13)22-18-9-5-3-7-14(18)19/h2-9,15,19H,10-12H2,1H3. The van der Waals surface area contributed by atoms with Crippen LogP contribution >= 0.6 is 0 Å². The van der Waals surface area contributed by atoms with Gasteiger partial charge >= 0.3 is 0 Å². The van der Waals surface area contributed by atoms with E-state index < -0.39 is 0 Å². The fourth-order valence-corrected chi connectivity index (χ4v) is 3.69. The van der Waals surface area contributed by atoms with E-state index in [1.807, 2.05) is 36.4 Å². The molecule has 1 unspecified atom stereocenters. The Labute approximate surface area is 130 Å². The molecule has 1 saturated heterocycles. The highest BCUT2D eigenvalue weighted by atomic mass is 16.5. The van der Waals surface area contributed by atoms with Gasteiger partial charge < -0.3 is 9.64 Å². The number of hydrogen-bond donors (Lipinski definition) is 0. The Morgan fingerprint density at radius 1 is 1.00 bits per heavy atom. The van der Waals surface area contributed by atoms with Gasteiger partial charge in [0, 0.05) is 42.5 Å². The number of likely N-dealkylation sites (tertiary alicyclic amines) is 1. The van der Waals surface area contributed by atoms with Gasteiger partial charge in [0.15, 0.2) is 0 Å². The fourth-order valence-electron chi connectivity index (χ4n) is 3.69. The summed E-state index contributed by atoms with van der Waals surface area (Å²) in [6.45, 7) is 1.67. The summed E-state index contributed by atoms with van der Waals surface area (Å²) in [5.74, 6) is 2.23. The van der Waals surface area contributed by atoms with E-state index >= 15 is 0 Å². The molecule has 0 amide bonds. The molecule has 0 aliphatic carbocycles. The van der Waals surface area contributed by atoms with Crippen LogP contribution in [0, 0.1) is 5.92 Å². The number of carbonyl (C=O) groups is 1.